The van der Waals surface area contributed by atoms with Gasteiger partial charge in [-0.2, -0.15) is 9.13 Å². The molecule has 156 valence electrons. The molecule has 4 aromatic rings. The molecule has 4 heteroatoms. The second-order valence-electron chi connectivity index (χ2n) is 8.11. The van der Waals surface area contributed by atoms with Crippen LogP contribution in [-0.2, 0) is 0 Å². The van der Waals surface area contributed by atoms with E-state index in [0.717, 1.165) is 17.0 Å². The molecule has 3 aromatic carbocycles. The van der Waals surface area contributed by atoms with Gasteiger partial charge in [0.05, 0.1) is 7.11 Å². The van der Waals surface area contributed by atoms with E-state index >= 15 is 0 Å². The molecule has 0 aliphatic heterocycles. The quantitative estimate of drug-likeness (QED) is 0.453. The minimum absolute atomic E-state index is 0. The fraction of sp³-hybridized carbons (Fsp3) is 0.269. The lowest BCUT2D eigenvalue weighted by atomic mass is 9.92. The third-order valence-electron chi connectivity index (χ3n) is 5.56. The summed E-state index contributed by atoms with van der Waals surface area (Å²) in [5.74, 6) is 1.73. The third-order valence-corrected chi connectivity index (χ3v) is 5.56. The topological polar surface area (TPSA) is 18.0 Å². The lowest BCUT2D eigenvalue weighted by Crippen LogP contribution is -3.00. The van der Waals surface area contributed by atoms with Gasteiger partial charge in [0.1, 0.15) is 5.69 Å². The molecule has 4 rings (SSSR count). The summed E-state index contributed by atoms with van der Waals surface area (Å²) in [4.78, 5) is 0. The van der Waals surface area contributed by atoms with Gasteiger partial charge >= 0.3 is 0 Å². The fourth-order valence-electron chi connectivity index (χ4n) is 4.10. The zero-order valence-electron chi connectivity index (χ0n) is 18.3. The Morgan fingerprint density at radius 1 is 0.767 bits per heavy atom. The molecule has 0 unspecified atom stereocenters. The maximum absolute atomic E-state index is 5.66. The number of halogens is 1. The van der Waals surface area contributed by atoms with Crippen molar-refractivity contribution in [2.24, 2.45) is 0 Å². The van der Waals surface area contributed by atoms with Crippen LogP contribution in [0.5, 0.6) is 5.75 Å². The molecule has 0 bridgehead atoms. The van der Waals surface area contributed by atoms with Gasteiger partial charge in [-0.05, 0) is 36.1 Å². The summed E-state index contributed by atoms with van der Waals surface area (Å²) in [5, 5.41) is 0. The standard InChI is InChI=1S/C26H29N2O.ClH/c1-18(2)20-11-10-12-21(19(3)4)26(20)28-17-27(22-13-6-7-14-23(22)28)24-15-8-9-16-25(24)29-5;/h6-19H,1-5H3;1H/q+1;/p-1. The van der Waals surface area contributed by atoms with E-state index in [1.54, 1.807) is 7.11 Å². The van der Waals surface area contributed by atoms with Crippen molar-refractivity contribution in [3.8, 4) is 17.1 Å². The van der Waals surface area contributed by atoms with Crippen LogP contribution in [0.4, 0.5) is 0 Å². The molecule has 0 spiro atoms. The van der Waals surface area contributed by atoms with E-state index < -0.39 is 0 Å². The molecule has 0 amide bonds. The zero-order chi connectivity index (χ0) is 20.5. The molecule has 1 aromatic heterocycles. The van der Waals surface area contributed by atoms with E-state index in [4.69, 9.17) is 4.74 Å². The molecule has 0 aliphatic carbocycles. The van der Waals surface area contributed by atoms with Crippen LogP contribution >= 0.6 is 0 Å². The first-order valence-electron chi connectivity index (χ1n) is 10.3. The van der Waals surface area contributed by atoms with Crippen molar-refractivity contribution in [2.75, 3.05) is 7.11 Å². The zero-order valence-corrected chi connectivity index (χ0v) is 19.0. The van der Waals surface area contributed by atoms with Gasteiger partial charge in [-0.25, -0.2) is 0 Å². The maximum atomic E-state index is 5.66. The van der Waals surface area contributed by atoms with Gasteiger partial charge < -0.3 is 17.1 Å². The second kappa shape index (κ2) is 8.93. The molecular weight excluding hydrogens is 392 g/mol. The van der Waals surface area contributed by atoms with Crippen molar-refractivity contribution in [3.63, 3.8) is 0 Å². The van der Waals surface area contributed by atoms with Crippen LogP contribution in [0.15, 0.2) is 73.1 Å². The Balaban J connectivity index is 0.00000256. The number of hydrogen-bond donors (Lipinski definition) is 0. The van der Waals surface area contributed by atoms with Gasteiger partial charge in [0.25, 0.3) is 6.33 Å². The Morgan fingerprint density at radius 3 is 2.00 bits per heavy atom. The molecule has 0 saturated carbocycles. The summed E-state index contributed by atoms with van der Waals surface area (Å²) < 4.78 is 10.2. The first-order chi connectivity index (χ1) is 14.0. The van der Waals surface area contributed by atoms with Crippen molar-refractivity contribution < 1.29 is 21.7 Å². The minimum Gasteiger partial charge on any atom is -1.00 e. The van der Waals surface area contributed by atoms with Gasteiger partial charge in [-0.1, -0.05) is 70.2 Å². The number of imidazole rings is 1. The van der Waals surface area contributed by atoms with Gasteiger partial charge in [-0.15, -0.1) is 0 Å². The normalized spacial score (nSPS) is 11.2. The number of methoxy groups -OCH3 is 1. The summed E-state index contributed by atoms with van der Waals surface area (Å²) in [6, 6.07) is 23.5. The molecule has 0 saturated heterocycles. The third kappa shape index (κ3) is 3.70. The number of ether oxygens (including phenoxy) is 1. The van der Waals surface area contributed by atoms with E-state index in [1.807, 2.05) is 12.1 Å². The van der Waals surface area contributed by atoms with Crippen LogP contribution in [0.3, 0.4) is 0 Å². The maximum Gasteiger partial charge on any atom is 0.255 e. The Morgan fingerprint density at radius 2 is 1.37 bits per heavy atom. The molecule has 0 radical (unpaired) electrons. The van der Waals surface area contributed by atoms with E-state index in [9.17, 15) is 0 Å². The predicted octanol–water partition coefficient (Wildman–Crippen LogP) is 3.17. The molecule has 0 N–H and O–H groups in total. The SMILES string of the molecule is COc1ccccc1-n1c[n+](-c2c(C(C)C)cccc2C(C)C)c2ccccc21.[Cl-]. The first kappa shape index (κ1) is 21.9. The van der Waals surface area contributed by atoms with Gasteiger partial charge in [0, 0.05) is 11.1 Å². The predicted molar refractivity (Wildman–Crippen MR) is 120 cm³/mol. The number of benzene rings is 3. The van der Waals surface area contributed by atoms with Crippen LogP contribution in [0.1, 0.15) is 50.7 Å². The van der Waals surface area contributed by atoms with Crippen LogP contribution in [0.2, 0.25) is 0 Å². The average molecular weight is 421 g/mol. The van der Waals surface area contributed by atoms with Crippen molar-refractivity contribution in [1.82, 2.24) is 4.57 Å². The van der Waals surface area contributed by atoms with Crippen LogP contribution in [0.25, 0.3) is 22.4 Å². The summed E-state index contributed by atoms with van der Waals surface area (Å²) in [7, 11) is 1.73. The number of rotatable bonds is 5. The molecular formula is C26H29ClN2O. The molecule has 3 nitrogen and oxygen atoms in total. The number of hydrogen-bond acceptors (Lipinski definition) is 1. The lowest BCUT2D eigenvalue weighted by molar-refractivity contribution is -0.569. The van der Waals surface area contributed by atoms with E-state index in [2.05, 4.69) is 97.8 Å². The summed E-state index contributed by atoms with van der Waals surface area (Å²) >= 11 is 0. The van der Waals surface area contributed by atoms with Crippen molar-refractivity contribution in [3.05, 3.63) is 84.2 Å². The summed E-state index contributed by atoms with van der Waals surface area (Å²) in [6.45, 7) is 9.07. The van der Waals surface area contributed by atoms with Crippen LogP contribution in [-0.4, -0.2) is 11.7 Å². The molecule has 1 heterocycles. The Labute approximate surface area is 185 Å². The van der Waals surface area contributed by atoms with Gasteiger partial charge in [-0.3, -0.25) is 0 Å². The van der Waals surface area contributed by atoms with Gasteiger partial charge in [0.2, 0.25) is 0 Å². The molecule has 0 atom stereocenters. The number of fused-ring (bicyclic) bond motifs is 1. The largest absolute Gasteiger partial charge is 1.00 e. The lowest BCUT2D eigenvalue weighted by Gasteiger charge is -2.16. The number of aromatic nitrogens is 2. The molecule has 30 heavy (non-hydrogen) atoms. The highest BCUT2D eigenvalue weighted by atomic mass is 35.5. The van der Waals surface area contributed by atoms with Crippen molar-refractivity contribution in [1.29, 1.82) is 0 Å². The highest BCUT2D eigenvalue weighted by molar-refractivity contribution is 5.76. The summed E-state index contributed by atoms with van der Waals surface area (Å²) in [6.07, 6.45) is 2.20. The first-order valence-corrected chi connectivity index (χ1v) is 10.3. The summed E-state index contributed by atoms with van der Waals surface area (Å²) in [5.41, 5.74) is 7.41. The Bertz CT molecular complexity index is 1130. The Kier molecular flexibility index (Phi) is 6.52. The Hall–Kier alpha value is -2.78. The molecule has 0 aliphatic rings. The van der Waals surface area contributed by atoms with Gasteiger partial charge in [0.15, 0.2) is 22.5 Å². The average Bonchev–Trinajstić information content (AvgIpc) is 3.12. The number of para-hydroxylation sites is 5. The van der Waals surface area contributed by atoms with E-state index in [1.165, 1.54) is 22.3 Å². The highest BCUT2D eigenvalue weighted by Crippen LogP contribution is 2.31. The van der Waals surface area contributed by atoms with Crippen LogP contribution < -0.4 is 21.7 Å². The monoisotopic (exact) mass is 420 g/mol. The smallest absolute Gasteiger partial charge is 0.255 e. The van der Waals surface area contributed by atoms with Crippen molar-refractivity contribution >= 4 is 11.0 Å². The number of nitrogens with zero attached hydrogens (tertiary/aromatic N) is 2. The van der Waals surface area contributed by atoms with Crippen molar-refractivity contribution in [2.45, 2.75) is 39.5 Å². The highest BCUT2D eigenvalue weighted by Gasteiger charge is 2.25. The minimum atomic E-state index is 0. The van der Waals surface area contributed by atoms with E-state index in [-0.39, 0.29) is 12.4 Å². The van der Waals surface area contributed by atoms with Crippen LogP contribution in [0, 0.1) is 0 Å². The second-order valence-corrected chi connectivity index (χ2v) is 8.11. The molecule has 0 fully saturated rings. The van der Waals surface area contributed by atoms with E-state index in [0.29, 0.717) is 11.8 Å². The fourth-order valence-corrected chi connectivity index (χ4v) is 4.10.